The third-order valence-electron chi connectivity index (χ3n) is 9.76. The number of carbonyl (C=O) groups excluding carboxylic acids is 1. The first-order chi connectivity index (χ1) is 22.8. The maximum Gasteiger partial charge on any atom is 0.270 e. The highest BCUT2D eigenvalue weighted by atomic mass is 19.3. The van der Waals surface area contributed by atoms with E-state index in [0.717, 1.165) is 71.1 Å². The summed E-state index contributed by atoms with van der Waals surface area (Å²) >= 11 is 0. The molecule has 2 aliphatic rings. The topological polar surface area (TPSA) is 44.8 Å². The molecule has 1 heterocycles. The minimum atomic E-state index is -2.92. The lowest BCUT2D eigenvalue weighted by atomic mass is 9.71. The number of halogens is 2. The van der Waals surface area contributed by atoms with E-state index >= 15 is 0 Å². The normalized spacial score (nSPS) is 17.7. The fourth-order valence-corrected chi connectivity index (χ4v) is 7.23. The van der Waals surface area contributed by atoms with E-state index in [1.165, 1.54) is 24.1 Å². The highest BCUT2D eigenvalue weighted by molar-refractivity contribution is 6.08. The van der Waals surface area contributed by atoms with Gasteiger partial charge in [-0.1, -0.05) is 72.8 Å². The second kappa shape index (κ2) is 14.4. The van der Waals surface area contributed by atoms with Gasteiger partial charge in [-0.15, -0.1) is 0 Å². The first kappa shape index (κ1) is 32.9. The Bertz CT molecular complexity index is 1620. The molecule has 5 nitrogen and oxygen atoms in total. The number of anilines is 2. The summed E-state index contributed by atoms with van der Waals surface area (Å²) in [6.07, 6.45) is 5.64. The first-order valence-electron chi connectivity index (χ1n) is 16.9. The van der Waals surface area contributed by atoms with Gasteiger partial charge < -0.3 is 15.0 Å². The van der Waals surface area contributed by atoms with Crippen LogP contribution in [-0.2, 0) is 10.7 Å². The Kier molecular flexibility index (Phi) is 10.0. The molecule has 0 radical (unpaired) electrons. The third kappa shape index (κ3) is 7.42. The number of carbonyl (C=O) groups is 1. The summed E-state index contributed by atoms with van der Waals surface area (Å²) in [5, 5.41) is 3.04. The Hall–Kier alpha value is -4.07. The zero-order valence-corrected chi connectivity index (χ0v) is 27.4. The Morgan fingerprint density at radius 3 is 2.17 bits per heavy atom. The van der Waals surface area contributed by atoms with Crippen LogP contribution in [0.15, 0.2) is 103 Å². The van der Waals surface area contributed by atoms with Gasteiger partial charge in [-0.05, 0) is 92.6 Å². The van der Waals surface area contributed by atoms with Gasteiger partial charge in [-0.3, -0.25) is 9.69 Å². The van der Waals surface area contributed by atoms with Crippen LogP contribution in [0.5, 0.6) is 0 Å². The number of rotatable bonds is 10. The van der Waals surface area contributed by atoms with Gasteiger partial charge in [0.25, 0.3) is 11.8 Å². The van der Waals surface area contributed by atoms with Gasteiger partial charge in [0.1, 0.15) is 0 Å². The molecule has 0 spiro atoms. The van der Waals surface area contributed by atoms with Gasteiger partial charge in [0, 0.05) is 55.7 Å². The summed E-state index contributed by atoms with van der Waals surface area (Å²) in [6, 6.07) is 32.6. The Morgan fingerprint density at radius 2 is 1.51 bits per heavy atom. The highest BCUT2D eigenvalue weighted by Crippen LogP contribution is 2.48. The van der Waals surface area contributed by atoms with Crippen LogP contribution in [0.4, 0.5) is 20.2 Å². The van der Waals surface area contributed by atoms with E-state index in [2.05, 4.69) is 64.5 Å². The van der Waals surface area contributed by atoms with Crippen molar-refractivity contribution in [2.24, 2.45) is 0 Å². The molecule has 1 saturated heterocycles. The minimum absolute atomic E-state index is 0.0557. The zero-order chi connectivity index (χ0) is 32.9. The van der Waals surface area contributed by atoms with Crippen molar-refractivity contribution >= 4 is 17.3 Å². The van der Waals surface area contributed by atoms with E-state index in [9.17, 15) is 13.6 Å². The Labute approximate surface area is 277 Å². The summed E-state index contributed by atoms with van der Waals surface area (Å²) in [5.41, 5.74) is 4.90. The van der Waals surface area contributed by atoms with Crippen LogP contribution in [0.25, 0.3) is 11.1 Å². The van der Waals surface area contributed by atoms with Gasteiger partial charge in [0.15, 0.2) is 0 Å². The molecular formula is C40H45F2N3O2. The summed E-state index contributed by atoms with van der Waals surface area (Å²) < 4.78 is 34.0. The van der Waals surface area contributed by atoms with E-state index < -0.39 is 5.92 Å². The lowest BCUT2D eigenvalue weighted by molar-refractivity contribution is -0.148. The van der Waals surface area contributed by atoms with Gasteiger partial charge in [0.05, 0.1) is 11.6 Å². The maximum absolute atomic E-state index is 13.7. The van der Waals surface area contributed by atoms with Crippen LogP contribution in [0, 0.1) is 0 Å². The first-order valence-corrected chi connectivity index (χ1v) is 16.9. The Morgan fingerprint density at radius 1 is 0.830 bits per heavy atom. The average molecular weight is 638 g/mol. The molecule has 1 aliphatic heterocycles. The standard InChI is InChI=1S/C40H45F2N3O2/c1-3-47-40(24-11-25-40)37(31-12-5-4-6-13-31)45-27-10-9-26-44(28-29-45)34-22-20-33(21-23-34)43-38(46)36-15-8-7-14-35(36)30-16-18-32(19-17-30)39(2,41)42/h4-8,12-23,37H,3,9-11,24-29H2,1-2H3,(H,43,46). The van der Waals surface area contributed by atoms with Gasteiger partial charge in [-0.25, -0.2) is 8.78 Å². The molecule has 1 aliphatic carbocycles. The lowest BCUT2D eigenvalue weighted by Gasteiger charge is -2.52. The number of alkyl halides is 2. The van der Waals surface area contributed by atoms with Crippen LogP contribution < -0.4 is 10.2 Å². The van der Waals surface area contributed by atoms with Crippen molar-refractivity contribution in [1.82, 2.24) is 4.90 Å². The van der Waals surface area contributed by atoms with Crippen molar-refractivity contribution in [3.8, 4) is 11.1 Å². The minimum Gasteiger partial charge on any atom is -0.373 e. The SMILES string of the molecule is CCOC1(C(c2ccccc2)N2CCCCN(c3ccc(NC(=O)c4ccccc4-c4ccc(C(C)(F)F)cc4)cc3)CC2)CCC1. The summed E-state index contributed by atoms with van der Waals surface area (Å²) in [7, 11) is 0. The number of hydrogen-bond donors (Lipinski definition) is 1. The molecule has 4 aromatic rings. The van der Waals surface area contributed by atoms with Gasteiger partial charge in [0.2, 0.25) is 0 Å². The molecular weight excluding hydrogens is 592 g/mol. The largest absolute Gasteiger partial charge is 0.373 e. The number of hydrogen-bond acceptors (Lipinski definition) is 4. The molecule has 1 saturated carbocycles. The zero-order valence-electron chi connectivity index (χ0n) is 27.4. The van der Waals surface area contributed by atoms with Crippen molar-refractivity contribution in [3.05, 3.63) is 120 Å². The molecule has 246 valence electrons. The fourth-order valence-electron chi connectivity index (χ4n) is 7.23. The van der Waals surface area contributed by atoms with Crippen molar-refractivity contribution < 1.29 is 18.3 Å². The molecule has 2 fully saturated rings. The van der Waals surface area contributed by atoms with E-state index in [4.69, 9.17) is 4.74 Å². The predicted molar refractivity (Wildman–Crippen MR) is 186 cm³/mol. The van der Waals surface area contributed by atoms with E-state index in [-0.39, 0.29) is 23.1 Å². The van der Waals surface area contributed by atoms with E-state index in [1.54, 1.807) is 18.2 Å². The monoisotopic (exact) mass is 637 g/mol. The van der Waals surface area contributed by atoms with Gasteiger partial charge >= 0.3 is 0 Å². The summed E-state index contributed by atoms with van der Waals surface area (Å²) in [6.45, 7) is 7.62. The average Bonchev–Trinajstić information content (AvgIpc) is 3.05. The van der Waals surface area contributed by atoms with Crippen LogP contribution in [-0.4, -0.2) is 49.2 Å². The summed E-state index contributed by atoms with van der Waals surface area (Å²) in [4.78, 5) is 18.5. The molecule has 1 atom stereocenters. The number of amides is 1. The second-order valence-electron chi connectivity index (χ2n) is 12.9. The van der Waals surface area contributed by atoms with Crippen LogP contribution in [0.2, 0.25) is 0 Å². The fraction of sp³-hybridized carbons (Fsp3) is 0.375. The molecule has 0 aromatic heterocycles. The molecule has 47 heavy (non-hydrogen) atoms. The number of benzene rings is 4. The molecule has 6 rings (SSSR count). The van der Waals surface area contributed by atoms with Crippen molar-refractivity contribution in [2.45, 2.75) is 63.5 Å². The van der Waals surface area contributed by atoms with Crippen LogP contribution >= 0.6 is 0 Å². The maximum atomic E-state index is 13.7. The quantitative estimate of drug-likeness (QED) is 0.188. The molecule has 1 amide bonds. The summed E-state index contributed by atoms with van der Waals surface area (Å²) in [5.74, 6) is -3.16. The van der Waals surface area contributed by atoms with E-state index in [0.29, 0.717) is 22.4 Å². The number of nitrogens with zero attached hydrogens (tertiary/aromatic N) is 2. The van der Waals surface area contributed by atoms with Crippen molar-refractivity contribution in [2.75, 3.05) is 43.0 Å². The van der Waals surface area contributed by atoms with Crippen molar-refractivity contribution in [3.63, 3.8) is 0 Å². The molecule has 4 aromatic carbocycles. The molecule has 1 N–H and O–H groups in total. The molecule has 7 heteroatoms. The number of ether oxygens (including phenoxy) is 1. The number of nitrogens with one attached hydrogen (secondary N) is 1. The Balaban J connectivity index is 1.14. The smallest absolute Gasteiger partial charge is 0.270 e. The van der Waals surface area contributed by atoms with E-state index in [1.807, 2.05) is 30.3 Å². The third-order valence-corrected chi connectivity index (χ3v) is 9.76. The predicted octanol–water partition coefficient (Wildman–Crippen LogP) is 9.32. The lowest BCUT2D eigenvalue weighted by Crippen LogP contribution is -2.54. The molecule has 1 unspecified atom stereocenters. The highest BCUT2D eigenvalue weighted by Gasteiger charge is 2.48. The second-order valence-corrected chi connectivity index (χ2v) is 12.9. The van der Waals surface area contributed by atoms with Crippen molar-refractivity contribution in [1.29, 1.82) is 0 Å². The van der Waals surface area contributed by atoms with Crippen LogP contribution in [0.1, 0.15) is 73.5 Å². The van der Waals surface area contributed by atoms with Gasteiger partial charge in [-0.2, -0.15) is 0 Å². The molecule has 0 bridgehead atoms. The van der Waals surface area contributed by atoms with Crippen LogP contribution in [0.3, 0.4) is 0 Å².